The molecular formula is C26H33F3N4O2. The summed E-state index contributed by atoms with van der Waals surface area (Å²) in [5.41, 5.74) is 0.126. The molecule has 0 unspecified atom stereocenters. The van der Waals surface area contributed by atoms with Gasteiger partial charge in [0.2, 0.25) is 0 Å². The topological polar surface area (TPSA) is 64.8 Å². The van der Waals surface area contributed by atoms with Crippen molar-refractivity contribution < 1.29 is 23.4 Å². The maximum absolute atomic E-state index is 12.9. The molecule has 9 heteroatoms. The summed E-state index contributed by atoms with van der Waals surface area (Å²) in [5.74, 6) is 0.977. The van der Waals surface area contributed by atoms with Gasteiger partial charge in [-0.3, -0.25) is 9.58 Å². The lowest BCUT2D eigenvalue weighted by molar-refractivity contribution is -0.149. The van der Waals surface area contributed by atoms with Crippen LogP contribution < -0.4 is 0 Å². The molecule has 2 aliphatic carbocycles. The van der Waals surface area contributed by atoms with E-state index in [1.807, 2.05) is 12.1 Å². The van der Waals surface area contributed by atoms with Crippen LogP contribution in [0.3, 0.4) is 0 Å². The summed E-state index contributed by atoms with van der Waals surface area (Å²) in [6.45, 7) is 4.38. The van der Waals surface area contributed by atoms with Crippen LogP contribution in [0.5, 0.6) is 5.75 Å². The number of likely N-dealkylation sites (tertiary alicyclic amines) is 2. The lowest BCUT2D eigenvalue weighted by Gasteiger charge is -2.61. The predicted molar refractivity (Wildman–Crippen MR) is 124 cm³/mol. The lowest BCUT2D eigenvalue weighted by Crippen LogP contribution is -2.71. The summed E-state index contributed by atoms with van der Waals surface area (Å²) in [6, 6.07) is 6.71. The second-order valence-electron chi connectivity index (χ2n) is 11.1. The van der Waals surface area contributed by atoms with Gasteiger partial charge in [0.1, 0.15) is 5.75 Å². The van der Waals surface area contributed by atoms with Crippen molar-refractivity contribution in [2.45, 2.75) is 68.3 Å². The van der Waals surface area contributed by atoms with Crippen LogP contribution in [-0.4, -0.2) is 74.2 Å². The highest BCUT2D eigenvalue weighted by Crippen LogP contribution is 2.56. The van der Waals surface area contributed by atoms with Crippen LogP contribution in [0.15, 0.2) is 30.5 Å². The quantitative estimate of drug-likeness (QED) is 0.673. The molecule has 1 aromatic carbocycles. The Balaban J connectivity index is 1.26. The zero-order valence-electron chi connectivity index (χ0n) is 19.8. The molecular weight excluding hydrogens is 457 g/mol. The number of hydrogen-bond acceptors (Lipinski definition) is 5. The monoisotopic (exact) mass is 490 g/mol. The molecule has 3 heterocycles. The first kappa shape index (κ1) is 23.3. The zero-order valence-corrected chi connectivity index (χ0v) is 19.8. The van der Waals surface area contributed by atoms with Crippen molar-refractivity contribution in [3.63, 3.8) is 0 Å². The lowest BCUT2D eigenvalue weighted by atomic mass is 9.52. The van der Waals surface area contributed by atoms with Gasteiger partial charge in [-0.1, -0.05) is 6.07 Å². The van der Waals surface area contributed by atoms with Gasteiger partial charge < -0.3 is 15.1 Å². The number of benzene rings is 1. The van der Waals surface area contributed by atoms with Gasteiger partial charge in [0, 0.05) is 37.3 Å². The summed E-state index contributed by atoms with van der Waals surface area (Å²) in [6.07, 6.45) is 2.51. The molecule has 4 aliphatic rings. The van der Waals surface area contributed by atoms with Crippen LogP contribution in [0, 0.1) is 5.92 Å². The Bertz CT molecular complexity index is 1100. The van der Waals surface area contributed by atoms with Gasteiger partial charge in [0.05, 0.1) is 12.1 Å². The van der Waals surface area contributed by atoms with Gasteiger partial charge >= 0.3 is 6.18 Å². The molecule has 35 heavy (non-hydrogen) atoms. The van der Waals surface area contributed by atoms with Crippen LogP contribution >= 0.6 is 0 Å². The predicted octanol–water partition coefficient (Wildman–Crippen LogP) is 3.41. The fourth-order valence-electron chi connectivity index (χ4n) is 7.02. The number of phenols is 1. The molecule has 3 fully saturated rings. The standard InChI is InChI=1S/C26H33F3N4O2/c27-26(28,29)22-5-9-33(30-22)14-13-31-10-6-24-7-12-32(17-18-1-2-18)23(25(24,35)8-11-31)15-19-3-4-20(34)16-21(19)24/h3-5,9,16,18,23,34-35H,1-2,6-8,10-15,17H2/t23-,24+,25-/m1/s1. The van der Waals surface area contributed by atoms with Crippen LogP contribution in [0.2, 0.25) is 0 Å². The third-order valence-corrected chi connectivity index (χ3v) is 9.10. The molecule has 2 bridgehead atoms. The number of piperidine rings is 1. The minimum absolute atomic E-state index is 0.0503. The van der Waals surface area contributed by atoms with Crippen molar-refractivity contribution in [3.8, 4) is 5.75 Å². The number of aromatic hydroxyl groups is 1. The van der Waals surface area contributed by atoms with Crippen LogP contribution in [0.4, 0.5) is 13.2 Å². The van der Waals surface area contributed by atoms with Gasteiger partial charge in [-0.2, -0.15) is 18.3 Å². The largest absolute Gasteiger partial charge is 0.508 e. The van der Waals surface area contributed by atoms with Crippen molar-refractivity contribution in [1.29, 1.82) is 0 Å². The summed E-state index contributed by atoms with van der Waals surface area (Å²) in [4.78, 5) is 4.77. The zero-order chi connectivity index (χ0) is 24.4. The number of fused-ring (bicyclic) bond motifs is 1. The smallest absolute Gasteiger partial charge is 0.435 e. The van der Waals surface area contributed by atoms with Gasteiger partial charge in [0.25, 0.3) is 0 Å². The van der Waals surface area contributed by atoms with Crippen LogP contribution in [0.1, 0.15) is 48.9 Å². The number of alkyl halides is 3. The summed E-state index contributed by atoms with van der Waals surface area (Å²) < 4.78 is 40.1. The summed E-state index contributed by atoms with van der Waals surface area (Å²) in [5, 5.41) is 26.5. The normalized spacial score (nSPS) is 31.6. The SMILES string of the molecule is Oc1ccc2c(c1)[C@@]13CCN(CCn4ccc(C(F)(F)F)n4)CC[C@@]1(O)[C@@H](C2)N(CC1CC1)CC3. The fourth-order valence-corrected chi connectivity index (χ4v) is 7.02. The van der Waals surface area contributed by atoms with E-state index in [1.54, 1.807) is 6.07 Å². The highest BCUT2D eigenvalue weighted by molar-refractivity contribution is 5.48. The number of aromatic nitrogens is 2. The molecule has 0 amide bonds. The number of halogens is 3. The van der Waals surface area contributed by atoms with Gasteiger partial charge in [0.15, 0.2) is 5.69 Å². The maximum atomic E-state index is 12.9. The van der Waals surface area contributed by atoms with Crippen LogP contribution in [-0.2, 0) is 24.6 Å². The average Bonchev–Trinajstić information content (AvgIpc) is 3.52. The molecule has 3 atom stereocenters. The minimum atomic E-state index is -4.44. The maximum Gasteiger partial charge on any atom is 0.435 e. The Morgan fingerprint density at radius 3 is 2.54 bits per heavy atom. The molecule has 6 rings (SSSR count). The molecule has 6 nitrogen and oxygen atoms in total. The molecule has 2 saturated heterocycles. The van der Waals surface area contributed by atoms with E-state index in [9.17, 15) is 23.4 Å². The van der Waals surface area contributed by atoms with E-state index in [-0.39, 0.29) is 11.8 Å². The first-order valence-electron chi connectivity index (χ1n) is 12.8. The van der Waals surface area contributed by atoms with Crippen molar-refractivity contribution in [2.75, 3.05) is 32.7 Å². The molecule has 0 radical (unpaired) electrons. The molecule has 0 spiro atoms. The van der Waals surface area contributed by atoms with E-state index in [0.717, 1.165) is 56.4 Å². The molecule has 1 saturated carbocycles. The number of aliphatic hydroxyl groups is 1. The molecule has 2 aromatic rings. The number of rotatable bonds is 5. The van der Waals surface area contributed by atoms with E-state index in [2.05, 4.69) is 14.9 Å². The van der Waals surface area contributed by atoms with Crippen molar-refractivity contribution in [3.05, 3.63) is 47.3 Å². The Labute approximate surface area is 203 Å². The summed E-state index contributed by atoms with van der Waals surface area (Å²) in [7, 11) is 0. The number of nitrogens with zero attached hydrogens (tertiary/aromatic N) is 4. The molecule has 2 N–H and O–H groups in total. The van der Waals surface area contributed by atoms with Crippen molar-refractivity contribution in [2.24, 2.45) is 5.92 Å². The second kappa shape index (κ2) is 8.21. The Hall–Kier alpha value is -2.10. The van der Waals surface area contributed by atoms with Gasteiger partial charge in [-0.05, 0) is 86.9 Å². The molecule has 2 aliphatic heterocycles. The van der Waals surface area contributed by atoms with E-state index < -0.39 is 22.9 Å². The van der Waals surface area contributed by atoms with Crippen molar-refractivity contribution >= 4 is 0 Å². The van der Waals surface area contributed by atoms with Crippen molar-refractivity contribution in [1.82, 2.24) is 19.6 Å². The Morgan fingerprint density at radius 2 is 1.80 bits per heavy atom. The third-order valence-electron chi connectivity index (χ3n) is 9.10. The van der Waals surface area contributed by atoms with Crippen LogP contribution in [0.25, 0.3) is 0 Å². The first-order valence-corrected chi connectivity index (χ1v) is 12.8. The highest BCUT2D eigenvalue weighted by atomic mass is 19.4. The summed E-state index contributed by atoms with van der Waals surface area (Å²) >= 11 is 0. The molecule has 1 aromatic heterocycles. The number of phenolic OH excluding ortho intramolecular Hbond substituents is 1. The Morgan fingerprint density at radius 1 is 1.03 bits per heavy atom. The van der Waals surface area contributed by atoms with Gasteiger partial charge in [-0.15, -0.1) is 0 Å². The van der Waals surface area contributed by atoms with E-state index in [0.29, 0.717) is 26.1 Å². The third kappa shape index (κ3) is 3.96. The van der Waals surface area contributed by atoms with E-state index in [1.165, 1.54) is 29.3 Å². The first-order chi connectivity index (χ1) is 16.7. The van der Waals surface area contributed by atoms with Gasteiger partial charge in [-0.25, -0.2) is 0 Å². The minimum Gasteiger partial charge on any atom is -0.508 e. The molecule has 190 valence electrons. The highest BCUT2D eigenvalue weighted by Gasteiger charge is 2.63. The van der Waals surface area contributed by atoms with E-state index >= 15 is 0 Å². The second-order valence-corrected chi connectivity index (χ2v) is 11.1. The fraction of sp³-hybridized carbons (Fsp3) is 0.654. The van der Waals surface area contributed by atoms with E-state index in [4.69, 9.17) is 0 Å². The number of hydrogen-bond donors (Lipinski definition) is 2. The average molecular weight is 491 g/mol. The Kier molecular flexibility index (Phi) is 5.47.